The van der Waals surface area contributed by atoms with E-state index in [1.807, 2.05) is 0 Å². The van der Waals surface area contributed by atoms with Crippen molar-refractivity contribution >= 4 is 24.3 Å². The molecule has 0 aliphatic carbocycles. The van der Waals surface area contributed by atoms with E-state index in [0.29, 0.717) is 12.5 Å². The molecule has 2 atom stereocenters. The van der Waals surface area contributed by atoms with Gasteiger partial charge in [0.15, 0.2) is 0 Å². The van der Waals surface area contributed by atoms with Crippen LogP contribution in [0, 0.1) is 5.92 Å². The van der Waals surface area contributed by atoms with E-state index in [1.54, 1.807) is 0 Å². The molecule has 1 saturated heterocycles. The van der Waals surface area contributed by atoms with Crippen molar-refractivity contribution in [3.63, 3.8) is 0 Å². The Hall–Kier alpha value is -0.810. The maximum absolute atomic E-state index is 12.1. The van der Waals surface area contributed by atoms with E-state index in [-0.39, 0.29) is 30.7 Å². The Morgan fingerprint density at radius 1 is 1.23 bits per heavy atom. The number of aliphatic carboxylic acids is 1. The Bertz CT molecular complexity index is 339. The fourth-order valence-corrected chi connectivity index (χ4v) is 2.83. The molecule has 2 unspecified atom stereocenters. The van der Waals surface area contributed by atoms with Crippen LogP contribution in [0.2, 0.25) is 0 Å². The zero-order valence-electron chi connectivity index (χ0n) is 13.8. The van der Waals surface area contributed by atoms with E-state index < -0.39 is 5.97 Å². The predicted octanol–water partition coefficient (Wildman–Crippen LogP) is 2.68. The van der Waals surface area contributed by atoms with Gasteiger partial charge in [0.2, 0.25) is 5.91 Å². The number of carboxylic acid groups (broad SMARTS) is 1. The third-order valence-corrected chi connectivity index (χ3v) is 4.30. The van der Waals surface area contributed by atoms with E-state index >= 15 is 0 Å². The molecule has 1 aliphatic heterocycles. The second-order valence-corrected chi connectivity index (χ2v) is 6.11. The van der Waals surface area contributed by atoms with Gasteiger partial charge in [-0.2, -0.15) is 0 Å². The molecule has 5 nitrogen and oxygen atoms in total. The van der Waals surface area contributed by atoms with Gasteiger partial charge in [0.25, 0.3) is 0 Å². The summed E-state index contributed by atoms with van der Waals surface area (Å²) in [4.78, 5) is 25.0. The summed E-state index contributed by atoms with van der Waals surface area (Å²) in [7, 11) is 0. The lowest BCUT2D eigenvalue weighted by Gasteiger charge is -2.37. The number of amides is 1. The molecule has 0 aromatic heterocycles. The lowest BCUT2D eigenvalue weighted by molar-refractivity contribution is -0.137. The second kappa shape index (κ2) is 11.7. The van der Waals surface area contributed by atoms with Crippen LogP contribution in [0.1, 0.15) is 58.8 Å². The molecule has 0 spiro atoms. The molecule has 0 aromatic rings. The number of likely N-dealkylation sites (tertiary alicyclic amines) is 1. The van der Waals surface area contributed by atoms with Gasteiger partial charge in [0, 0.05) is 25.6 Å². The number of carbonyl (C=O) groups is 2. The van der Waals surface area contributed by atoms with Crippen LogP contribution in [-0.2, 0) is 9.59 Å². The number of halogens is 1. The molecule has 1 fully saturated rings. The van der Waals surface area contributed by atoms with Gasteiger partial charge in [0.05, 0.1) is 5.92 Å². The smallest absolute Gasteiger partial charge is 0.303 e. The molecular weight excluding hydrogens is 304 g/mol. The molecule has 0 aromatic carbocycles. The van der Waals surface area contributed by atoms with Gasteiger partial charge in [-0.1, -0.05) is 13.3 Å². The minimum Gasteiger partial charge on any atom is -0.481 e. The molecule has 0 bridgehead atoms. The maximum Gasteiger partial charge on any atom is 0.303 e. The highest BCUT2D eigenvalue weighted by Crippen LogP contribution is 2.22. The second-order valence-electron chi connectivity index (χ2n) is 6.11. The van der Waals surface area contributed by atoms with Gasteiger partial charge in [-0.25, -0.2) is 0 Å². The van der Waals surface area contributed by atoms with Crippen molar-refractivity contribution < 1.29 is 14.7 Å². The Labute approximate surface area is 140 Å². The number of carbonyl (C=O) groups excluding carboxylic acids is 1. The van der Waals surface area contributed by atoms with Crippen molar-refractivity contribution in [2.75, 3.05) is 19.6 Å². The largest absolute Gasteiger partial charge is 0.481 e. The summed E-state index contributed by atoms with van der Waals surface area (Å²) in [5.74, 6) is -0.446. The SMILES string of the molecule is CCCCNC(=O)C1CCC(C)N(CCCCC(=O)O)C1.Cl. The minimum atomic E-state index is -0.727. The quantitative estimate of drug-likeness (QED) is 0.636. The standard InChI is InChI=1S/C16H30N2O3.ClH/c1-3-4-10-17-16(21)14-9-8-13(2)18(12-14)11-6-5-7-15(19)20;/h13-14H,3-12H2,1-2H3,(H,17,21)(H,19,20);1H. The number of nitrogens with one attached hydrogen (secondary N) is 1. The van der Waals surface area contributed by atoms with Crippen LogP contribution >= 0.6 is 12.4 Å². The molecule has 130 valence electrons. The lowest BCUT2D eigenvalue weighted by Crippen LogP contribution is -2.47. The highest BCUT2D eigenvalue weighted by atomic mass is 35.5. The lowest BCUT2D eigenvalue weighted by atomic mass is 9.92. The molecular formula is C16H31ClN2O3. The first-order valence-electron chi connectivity index (χ1n) is 8.28. The van der Waals surface area contributed by atoms with E-state index in [9.17, 15) is 9.59 Å². The van der Waals surface area contributed by atoms with Gasteiger partial charge >= 0.3 is 5.97 Å². The number of hydrogen-bond donors (Lipinski definition) is 2. The van der Waals surface area contributed by atoms with E-state index in [0.717, 1.165) is 51.7 Å². The topological polar surface area (TPSA) is 69.6 Å². The van der Waals surface area contributed by atoms with Crippen molar-refractivity contribution in [2.45, 2.75) is 64.8 Å². The van der Waals surface area contributed by atoms with Gasteiger partial charge in [-0.15, -0.1) is 12.4 Å². The molecule has 0 saturated carbocycles. The van der Waals surface area contributed by atoms with Crippen LogP contribution in [0.5, 0.6) is 0 Å². The van der Waals surface area contributed by atoms with Gasteiger partial charge in [0.1, 0.15) is 0 Å². The fourth-order valence-electron chi connectivity index (χ4n) is 2.83. The van der Waals surface area contributed by atoms with Gasteiger partial charge in [-0.3, -0.25) is 14.5 Å². The van der Waals surface area contributed by atoms with Crippen LogP contribution < -0.4 is 5.32 Å². The summed E-state index contributed by atoms with van der Waals surface area (Å²) in [6.45, 7) is 6.80. The first-order valence-corrected chi connectivity index (χ1v) is 8.28. The summed E-state index contributed by atoms with van der Waals surface area (Å²) >= 11 is 0. The van der Waals surface area contributed by atoms with Crippen molar-refractivity contribution in [1.29, 1.82) is 0 Å². The maximum atomic E-state index is 12.1. The summed E-state index contributed by atoms with van der Waals surface area (Å²) in [6, 6.07) is 0.495. The number of rotatable bonds is 9. The zero-order chi connectivity index (χ0) is 15.7. The fraction of sp³-hybridized carbons (Fsp3) is 0.875. The van der Waals surface area contributed by atoms with Crippen molar-refractivity contribution in [1.82, 2.24) is 10.2 Å². The normalized spacial score (nSPS) is 21.9. The molecule has 1 heterocycles. The van der Waals surface area contributed by atoms with E-state index in [1.165, 1.54) is 0 Å². The Morgan fingerprint density at radius 2 is 1.95 bits per heavy atom. The van der Waals surface area contributed by atoms with Crippen molar-refractivity contribution in [2.24, 2.45) is 5.92 Å². The summed E-state index contributed by atoms with van der Waals surface area (Å²) in [5, 5.41) is 11.7. The number of nitrogens with zero attached hydrogens (tertiary/aromatic N) is 1. The number of piperidine rings is 1. The molecule has 1 amide bonds. The Morgan fingerprint density at radius 3 is 2.59 bits per heavy atom. The first kappa shape index (κ1) is 21.2. The molecule has 6 heteroatoms. The first-order chi connectivity index (χ1) is 10.0. The van der Waals surface area contributed by atoms with Crippen LogP contribution in [0.15, 0.2) is 0 Å². The zero-order valence-corrected chi connectivity index (χ0v) is 14.7. The van der Waals surface area contributed by atoms with E-state index in [4.69, 9.17) is 5.11 Å². The molecule has 1 rings (SSSR count). The van der Waals surface area contributed by atoms with Crippen LogP contribution in [0.3, 0.4) is 0 Å². The molecule has 22 heavy (non-hydrogen) atoms. The monoisotopic (exact) mass is 334 g/mol. The highest BCUT2D eigenvalue weighted by molar-refractivity contribution is 5.85. The van der Waals surface area contributed by atoms with E-state index in [2.05, 4.69) is 24.1 Å². The van der Waals surface area contributed by atoms with Crippen LogP contribution in [0.25, 0.3) is 0 Å². The number of unbranched alkanes of at least 4 members (excludes halogenated alkanes) is 2. The summed E-state index contributed by atoms with van der Waals surface area (Å²) in [6.07, 6.45) is 5.98. The molecule has 2 N–H and O–H groups in total. The average molecular weight is 335 g/mol. The summed E-state index contributed by atoms with van der Waals surface area (Å²) in [5.41, 5.74) is 0. The summed E-state index contributed by atoms with van der Waals surface area (Å²) < 4.78 is 0. The predicted molar refractivity (Wildman–Crippen MR) is 90.4 cm³/mol. The Kier molecular flexibility index (Phi) is 11.3. The Balaban J connectivity index is 0.00000441. The van der Waals surface area contributed by atoms with Crippen molar-refractivity contribution in [3.05, 3.63) is 0 Å². The van der Waals surface area contributed by atoms with Gasteiger partial charge in [-0.05, 0) is 45.6 Å². The number of hydrogen-bond acceptors (Lipinski definition) is 3. The van der Waals surface area contributed by atoms with Crippen LogP contribution in [0.4, 0.5) is 0 Å². The molecule has 1 aliphatic rings. The third-order valence-electron chi connectivity index (χ3n) is 4.30. The van der Waals surface area contributed by atoms with Crippen LogP contribution in [-0.4, -0.2) is 47.6 Å². The highest BCUT2D eigenvalue weighted by Gasteiger charge is 2.29. The third kappa shape index (κ3) is 7.99. The molecule has 0 radical (unpaired) electrons. The average Bonchev–Trinajstić information content (AvgIpc) is 2.45. The van der Waals surface area contributed by atoms with Crippen molar-refractivity contribution in [3.8, 4) is 0 Å². The van der Waals surface area contributed by atoms with Gasteiger partial charge < -0.3 is 10.4 Å². The minimum absolute atomic E-state index is 0. The number of carboxylic acids is 1.